The lowest BCUT2D eigenvalue weighted by molar-refractivity contribution is 0.239. The zero-order valence-electron chi connectivity index (χ0n) is 12.4. The molecule has 0 aliphatic rings. The highest BCUT2D eigenvalue weighted by atomic mass is 32.1. The second kappa shape index (κ2) is 7.01. The third-order valence-corrected chi connectivity index (χ3v) is 3.97. The predicted octanol–water partition coefficient (Wildman–Crippen LogP) is 2.50. The topological polar surface area (TPSA) is 92.9 Å². The van der Waals surface area contributed by atoms with Crippen molar-refractivity contribution in [3.63, 3.8) is 0 Å². The molecule has 2 N–H and O–H groups in total. The van der Waals surface area contributed by atoms with Crippen molar-refractivity contribution < 1.29 is 9.32 Å². The SMILES string of the molecule is Cc1cc(CNC(=O)NCc2nnc(-c3ccccc3)s2)no1. The van der Waals surface area contributed by atoms with Crippen molar-refractivity contribution in [2.24, 2.45) is 0 Å². The molecule has 1 aromatic carbocycles. The summed E-state index contributed by atoms with van der Waals surface area (Å²) in [6, 6.07) is 11.3. The van der Waals surface area contributed by atoms with E-state index in [9.17, 15) is 4.79 Å². The van der Waals surface area contributed by atoms with Crippen LogP contribution >= 0.6 is 11.3 Å². The summed E-state index contributed by atoms with van der Waals surface area (Å²) < 4.78 is 4.93. The van der Waals surface area contributed by atoms with Gasteiger partial charge in [0.25, 0.3) is 0 Å². The first-order chi connectivity index (χ1) is 11.2. The van der Waals surface area contributed by atoms with E-state index in [1.807, 2.05) is 30.3 Å². The Labute approximate surface area is 136 Å². The number of aromatic nitrogens is 3. The van der Waals surface area contributed by atoms with Gasteiger partial charge in [-0.3, -0.25) is 0 Å². The fourth-order valence-electron chi connectivity index (χ4n) is 1.91. The molecule has 7 nitrogen and oxygen atoms in total. The van der Waals surface area contributed by atoms with E-state index >= 15 is 0 Å². The van der Waals surface area contributed by atoms with E-state index in [-0.39, 0.29) is 6.03 Å². The molecule has 0 saturated heterocycles. The molecule has 118 valence electrons. The quantitative estimate of drug-likeness (QED) is 0.750. The average Bonchev–Trinajstić information content (AvgIpc) is 3.21. The maximum absolute atomic E-state index is 11.7. The fraction of sp³-hybridized carbons (Fsp3) is 0.200. The van der Waals surface area contributed by atoms with Crippen LogP contribution in [0.1, 0.15) is 16.5 Å². The van der Waals surface area contributed by atoms with Crippen molar-refractivity contribution in [1.29, 1.82) is 0 Å². The molecule has 0 aliphatic carbocycles. The van der Waals surface area contributed by atoms with Gasteiger partial charge >= 0.3 is 6.03 Å². The summed E-state index contributed by atoms with van der Waals surface area (Å²) in [4.78, 5) is 11.7. The van der Waals surface area contributed by atoms with Gasteiger partial charge in [0.05, 0.1) is 13.1 Å². The molecule has 8 heteroatoms. The van der Waals surface area contributed by atoms with Crippen molar-refractivity contribution in [3.8, 4) is 10.6 Å². The van der Waals surface area contributed by atoms with Crippen LogP contribution < -0.4 is 10.6 Å². The third kappa shape index (κ3) is 4.13. The number of nitrogens with one attached hydrogen (secondary N) is 2. The van der Waals surface area contributed by atoms with Gasteiger partial charge in [0.1, 0.15) is 21.5 Å². The zero-order valence-corrected chi connectivity index (χ0v) is 13.3. The van der Waals surface area contributed by atoms with E-state index in [0.717, 1.165) is 15.6 Å². The number of hydrogen-bond acceptors (Lipinski definition) is 6. The number of nitrogens with zero attached hydrogens (tertiary/aromatic N) is 3. The Balaban J connectivity index is 1.48. The summed E-state index contributed by atoms with van der Waals surface area (Å²) in [7, 11) is 0. The van der Waals surface area contributed by atoms with Crippen LogP contribution in [-0.2, 0) is 13.1 Å². The van der Waals surface area contributed by atoms with Crippen molar-refractivity contribution in [3.05, 3.63) is 52.9 Å². The molecule has 0 spiro atoms. The molecule has 3 aromatic rings. The highest BCUT2D eigenvalue weighted by Crippen LogP contribution is 2.22. The largest absolute Gasteiger partial charge is 0.361 e. The summed E-state index contributed by atoms with van der Waals surface area (Å²) in [5.74, 6) is 0.713. The second-order valence-electron chi connectivity index (χ2n) is 4.83. The number of benzene rings is 1. The predicted molar refractivity (Wildman–Crippen MR) is 85.7 cm³/mol. The zero-order chi connectivity index (χ0) is 16.1. The maximum atomic E-state index is 11.7. The second-order valence-corrected chi connectivity index (χ2v) is 5.89. The molecule has 2 heterocycles. The molecule has 0 aliphatic heterocycles. The van der Waals surface area contributed by atoms with Gasteiger partial charge in [0.15, 0.2) is 0 Å². The molecular weight excluding hydrogens is 314 g/mol. The van der Waals surface area contributed by atoms with Gasteiger partial charge in [-0.25, -0.2) is 4.79 Å². The van der Waals surface area contributed by atoms with E-state index in [1.165, 1.54) is 11.3 Å². The van der Waals surface area contributed by atoms with Gasteiger partial charge < -0.3 is 15.2 Å². The molecule has 0 unspecified atom stereocenters. The highest BCUT2D eigenvalue weighted by Gasteiger charge is 2.08. The molecule has 0 radical (unpaired) electrons. The third-order valence-electron chi connectivity index (χ3n) is 2.99. The first kappa shape index (κ1) is 15.2. The van der Waals surface area contributed by atoms with Crippen LogP contribution in [0, 0.1) is 6.92 Å². The van der Waals surface area contributed by atoms with Crippen molar-refractivity contribution >= 4 is 17.4 Å². The molecular formula is C15H15N5O2S. The normalized spacial score (nSPS) is 10.5. The van der Waals surface area contributed by atoms with Crippen LogP contribution in [0.5, 0.6) is 0 Å². The van der Waals surface area contributed by atoms with Crippen molar-refractivity contribution in [2.45, 2.75) is 20.0 Å². The van der Waals surface area contributed by atoms with Crippen LogP contribution in [-0.4, -0.2) is 21.4 Å². The van der Waals surface area contributed by atoms with Gasteiger partial charge in [-0.15, -0.1) is 10.2 Å². The lowest BCUT2D eigenvalue weighted by Crippen LogP contribution is -2.34. The van der Waals surface area contributed by atoms with Crippen molar-refractivity contribution in [2.75, 3.05) is 0 Å². The molecule has 0 bridgehead atoms. The van der Waals surface area contributed by atoms with Gasteiger partial charge in [-0.05, 0) is 6.92 Å². The monoisotopic (exact) mass is 329 g/mol. The number of hydrogen-bond donors (Lipinski definition) is 2. The van der Waals surface area contributed by atoms with Gasteiger partial charge in [-0.2, -0.15) is 0 Å². The van der Waals surface area contributed by atoms with Crippen LogP contribution in [0.4, 0.5) is 4.79 Å². The molecule has 2 aromatic heterocycles. The minimum Gasteiger partial charge on any atom is -0.361 e. The summed E-state index contributed by atoms with van der Waals surface area (Å²) in [6.07, 6.45) is 0. The Bertz CT molecular complexity index is 784. The number of aryl methyl sites for hydroxylation is 1. The lowest BCUT2D eigenvalue weighted by Gasteiger charge is -2.03. The standard InChI is InChI=1S/C15H15N5O2S/c1-10-7-12(20-22-10)8-16-15(21)17-9-13-18-19-14(23-13)11-5-3-2-4-6-11/h2-7H,8-9H2,1H3,(H2,16,17,21). The summed E-state index contributed by atoms with van der Waals surface area (Å²) in [5, 5.41) is 19.1. The Hall–Kier alpha value is -2.74. The van der Waals surface area contributed by atoms with Gasteiger partial charge in [-0.1, -0.05) is 46.8 Å². The molecule has 2 amide bonds. The minimum atomic E-state index is -0.290. The highest BCUT2D eigenvalue weighted by molar-refractivity contribution is 7.14. The van der Waals surface area contributed by atoms with E-state index in [2.05, 4.69) is 26.0 Å². The molecule has 23 heavy (non-hydrogen) atoms. The minimum absolute atomic E-state index is 0.290. The summed E-state index contributed by atoms with van der Waals surface area (Å²) >= 11 is 1.45. The van der Waals surface area contributed by atoms with E-state index in [4.69, 9.17) is 4.52 Å². The van der Waals surface area contributed by atoms with Crippen LogP contribution in [0.2, 0.25) is 0 Å². The Morgan fingerprint density at radius 1 is 1.17 bits per heavy atom. The van der Waals surface area contributed by atoms with E-state index in [0.29, 0.717) is 24.5 Å². The summed E-state index contributed by atoms with van der Waals surface area (Å²) in [6.45, 7) is 2.44. The smallest absolute Gasteiger partial charge is 0.315 e. The fourth-order valence-corrected chi connectivity index (χ4v) is 2.70. The molecule has 0 fully saturated rings. The van der Waals surface area contributed by atoms with Gasteiger partial charge in [0, 0.05) is 11.6 Å². The number of carbonyl (C=O) groups is 1. The van der Waals surface area contributed by atoms with Gasteiger partial charge in [0.2, 0.25) is 0 Å². The van der Waals surface area contributed by atoms with E-state index < -0.39 is 0 Å². The molecule has 3 rings (SSSR count). The van der Waals surface area contributed by atoms with Crippen LogP contribution in [0.15, 0.2) is 40.9 Å². The maximum Gasteiger partial charge on any atom is 0.315 e. The van der Waals surface area contributed by atoms with Crippen LogP contribution in [0.25, 0.3) is 10.6 Å². The average molecular weight is 329 g/mol. The first-order valence-corrected chi connectivity index (χ1v) is 7.84. The summed E-state index contributed by atoms with van der Waals surface area (Å²) in [5.41, 5.74) is 1.70. The Morgan fingerprint density at radius 3 is 2.70 bits per heavy atom. The van der Waals surface area contributed by atoms with E-state index in [1.54, 1.807) is 13.0 Å². The Kier molecular flexibility index (Phi) is 4.62. The van der Waals surface area contributed by atoms with Crippen molar-refractivity contribution in [1.82, 2.24) is 26.0 Å². The number of amides is 2. The number of rotatable bonds is 5. The number of carbonyl (C=O) groups excluding carboxylic acids is 1. The Morgan fingerprint density at radius 2 is 1.96 bits per heavy atom. The first-order valence-electron chi connectivity index (χ1n) is 7.02. The molecule has 0 saturated carbocycles. The molecule has 0 atom stereocenters. The number of urea groups is 1. The lowest BCUT2D eigenvalue weighted by atomic mass is 10.2. The van der Waals surface area contributed by atoms with Crippen LogP contribution in [0.3, 0.4) is 0 Å².